The number of fused-ring (bicyclic) bond motifs is 3. The van der Waals surface area contributed by atoms with Gasteiger partial charge in [-0.25, -0.2) is 0 Å². The molecule has 0 atom stereocenters. The zero-order valence-corrected chi connectivity index (χ0v) is 17.4. The molecule has 1 amide bonds. The SMILES string of the molecule is CCn1c2ccccc2c2cc(NC(=O)c3ccc(CN4CCCC4)cc3)ccc21. The lowest BCUT2D eigenvalue weighted by Crippen LogP contribution is -2.18. The molecule has 4 aromatic rings. The molecule has 0 spiro atoms. The second-order valence-electron chi connectivity index (χ2n) is 8.13. The summed E-state index contributed by atoms with van der Waals surface area (Å²) >= 11 is 0. The van der Waals surface area contributed by atoms with Gasteiger partial charge in [0.05, 0.1) is 0 Å². The van der Waals surface area contributed by atoms with Crippen LogP contribution in [0.5, 0.6) is 0 Å². The summed E-state index contributed by atoms with van der Waals surface area (Å²) in [6.45, 7) is 6.41. The molecule has 2 heterocycles. The molecule has 30 heavy (non-hydrogen) atoms. The second-order valence-corrected chi connectivity index (χ2v) is 8.13. The standard InChI is InChI=1S/C26H27N3O/c1-2-29-24-8-4-3-7-22(24)23-17-21(13-14-25(23)29)27-26(30)20-11-9-19(10-12-20)18-28-15-5-6-16-28/h3-4,7-14,17H,2,5-6,15-16,18H2,1H3,(H,27,30). The lowest BCUT2D eigenvalue weighted by Gasteiger charge is -2.14. The first-order valence-electron chi connectivity index (χ1n) is 10.9. The summed E-state index contributed by atoms with van der Waals surface area (Å²) in [5, 5.41) is 5.47. The molecule has 1 aromatic heterocycles. The average Bonchev–Trinajstić information content (AvgIpc) is 3.39. The molecule has 1 N–H and O–H groups in total. The highest BCUT2D eigenvalue weighted by molar-refractivity contribution is 6.11. The number of aryl methyl sites for hydroxylation is 1. The van der Waals surface area contributed by atoms with Crippen molar-refractivity contribution in [2.24, 2.45) is 0 Å². The van der Waals surface area contributed by atoms with Gasteiger partial charge in [-0.15, -0.1) is 0 Å². The van der Waals surface area contributed by atoms with E-state index < -0.39 is 0 Å². The van der Waals surface area contributed by atoms with E-state index in [1.54, 1.807) is 0 Å². The Morgan fingerprint density at radius 1 is 0.900 bits per heavy atom. The maximum Gasteiger partial charge on any atom is 0.255 e. The van der Waals surface area contributed by atoms with Crippen LogP contribution in [0.1, 0.15) is 35.7 Å². The minimum absolute atomic E-state index is 0.0682. The Bertz CT molecular complexity index is 1200. The van der Waals surface area contributed by atoms with Gasteiger partial charge in [-0.2, -0.15) is 0 Å². The fourth-order valence-corrected chi connectivity index (χ4v) is 4.64. The number of carbonyl (C=O) groups excluding carboxylic acids is 1. The van der Waals surface area contributed by atoms with Crippen molar-refractivity contribution in [3.63, 3.8) is 0 Å². The van der Waals surface area contributed by atoms with Gasteiger partial charge in [-0.3, -0.25) is 9.69 Å². The molecule has 0 aliphatic carbocycles. The van der Waals surface area contributed by atoms with Crippen LogP contribution in [0.4, 0.5) is 5.69 Å². The number of anilines is 1. The number of hydrogen-bond donors (Lipinski definition) is 1. The largest absolute Gasteiger partial charge is 0.341 e. The Morgan fingerprint density at radius 3 is 2.40 bits per heavy atom. The Hall–Kier alpha value is -3.11. The summed E-state index contributed by atoms with van der Waals surface area (Å²) in [4.78, 5) is 15.3. The quantitative estimate of drug-likeness (QED) is 0.472. The average molecular weight is 398 g/mol. The van der Waals surface area contributed by atoms with Crippen LogP contribution in [0.15, 0.2) is 66.7 Å². The van der Waals surface area contributed by atoms with Gasteiger partial charge in [0.25, 0.3) is 5.91 Å². The monoisotopic (exact) mass is 397 g/mol. The van der Waals surface area contributed by atoms with E-state index in [0.29, 0.717) is 5.56 Å². The predicted molar refractivity (Wildman–Crippen MR) is 124 cm³/mol. The fourth-order valence-electron chi connectivity index (χ4n) is 4.64. The molecule has 0 bridgehead atoms. The molecule has 1 aliphatic heterocycles. The Morgan fingerprint density at radius 2 is 1.63 bits per heavy atom. The number of amides is 1. The van der Waals surface area contributed by atoms with Crippen LogP contribution in [0.3, 0.4) is 0 Å². The summed E-state index contributed by atoms with van der Waals surface area (Å²) < 4.78 is 2.31. The molecule has 1 fully saturated rings. The number of nitrogens with zero attached hydrogens (tertiary/aromatic N) is 2. The number of benzene rings is 3. The predicted octanol–water partition coefficient (Wildman–Crippen LogP) is 5.66. The van der Waals surface area contributed by atoms with Crippen molar-refractivity contribution in [1.29, 1.82) is 0 Å². The van der Waals surface area contributed by atoms with E-state index in [4.69, 9.17) is 0 Å². The molecule has 0 radical (unpaired) electrons. The fraction of sp³-hybridized carbons (Fsp3) is 0.269. The van der Waals surface area contributed by atoms with Gasteiger partial charge < -0.3 is 9.88 Å². The van der Waals surface area contributed by atoms with Crippen LogP contribution < -0.4 is 5.32 Å². The Labute approximate surface area is 177 Å². The smallest absolute Gasteiger partial charge is 0.255 e. The number of rotatable bonds is 5. The third-order valence-electron chi connectivity index (χ3n) is 6.17. The van der Waals surface area contributed by atoms with E-state index in [1.807, 2.05) is 18.2 Å². The highest BCUT2D eigenvalue weighted by atomic mass is 16.1. The minimum Gasteiger partial charge on any atom is -0.341 e. The number of carbonyl (C=O) groups is 1. The third-order valence-corrected chi connectivity index (χ3v) is 6.17. The first-order chi connectivity index (χ1) is 14.7. The van der Waals surface area contributed by atoms with Crippen molar-refractivity contribution in [3.05, 3.63) is 77.9 Å². The first-order valence-corrected chi connectivity index (χ1v) is 10.9. The van der Waals surface area contributed by atoms with Crippen LogP contribution in [-0.2, 0) is 13.1 Å². The van der Waals surface area contributed by atoms with E-state index in [9.17, 15) is 4.79 Å². The van der Waals surface area contributed by atoms with E-state index in [-0.39, 0.29) is 5.91 Å². The molecule has 0 unspecified atom stereocenters. The molecule has 3 aromatic carbocycles. The van der Waals surface area contributed by atoms with Gasteiger partial charge in [0.15, 0.2) is 0 Å². The van der Waals surface area contributed by atoms with Crippen molar-refractivity contribution in [2.45, 2.75) is 32.9 Å². The zero-order chi connectivity index (χ0) is 20.5. The normalized spacial score (nSPS) is 14.6. The molecule has 1 saturated heterocycles. The van der Waals surface area contributed by atoms with Gasteiger partial charge in [0, 0.05) is 46.1 Å². The summed E-state index contributed by atoms with van der Waals surface area (Å²) in [5.74, 6) is -0.0682. The minimum atomic E-state index is -0.0682. The summed E-state index contributed by atoms with van der Waals surface area (Å²) in [6, 6.07) is 22.6. The van der Waals surface area contributed by atoms with Crippen molar-refractivity contribution >= 4 is 33.4 Å². The highest BCUT2D eigenvalue weighted by Gasteiger charge is 2.13. The van der Waals surface area contributed by atoms with Gasteiger partial charge in [-0.05, 0) is 74.8 Å². The summed E-state index contributed by atoms with van der Waals surface area (Å²) in [5.41, 5.74) is 5.21. The van der Waals surface area contributed by atoms with Crippen LogP contribution >= 0.6 is 0 Å². The molecular weight excluding hydrogens is 370 g/mol. The highest BCUT2D eigenvalue weighted by Crippen LogP contribution is 2.31. The van der Waals surface area contributed by atoms with Crippen LogP contribution in [-0.4, -0.2) is 28.5 Å². The lowest BCUT2D eigenvalue weighted by molar-refractivity contribution is 0.102. The third kappa shape index (κ3) is 3.48. The molecule has 1 aliphatic rings. The van der Waals surface area contributed by atoms with Crippen LogP contribution in [0.25, 0.3) is 21.8 Å². The van der Waals surface area contributed by atoms with Gasteiger partial charge in [-0.1, -0.05) is 30.3 Å². The van der Waals surface area contributed by atoms with E-state index in [2.05, 4.69) is 70.2 Å². The molecule has 4 heteroatoms. The molecular formula is C26H27N3O. The first kappa shape index (κ1) is 18.9. The van der Waals surface area contributed by atoms with Crippen LogP contribution in [0, 0.1) is 0 Å². The Balaban J connectivity index is 1.37. The van der Waals surface area contributed by atoms with E-state index >= 15 is 0 Å². The number of hydrogen-bond acceptors (Lipinski definition) is 2. The van der Waals surface area contributed by atoms with Gasteiger partial charge >= 0.3 is 0 Å². The molecule has 4 nitrogen and oxygen atoms in total. The van der Waals surface area contributed by atoms with Crippen molar-refractivity contribution in [2.75, 3.05) is 18.4 Å². The number of likely N-dealkylation sites (tertiary alicyclic amines) is 1. The van der Waals surface area contributed by atoms with E-state index in [1.165, 1.54) is 53.3 Å². The van der Waals surface area contributed by atoms with Crippen LogP contribution in [0.2, 0.25) is 0 Å². The maximum atomic E-state index is 12.8. The molecule has 0 saturated carbocycles. The zero-order valence-electron chi connectivity index (χ0n) is 17.4. The number of para-hydroxylation sites is 1. The van der Waals surface area contributed by atoms with Crippen molar-refractivity contribution in [3.8, 4) is 0 Å². The van der Waals surface area contributed by atoms with E-state index in [0.717, 1.165) is 18.8 Å². The maximum absolute atomic E-state index is 12.8. The topological polar surface area (TPSA) is 37.3 Å². The Kier molecular flexibility index (Phi) is 5.01. The molecule has 5 rings (SSSR count). The number of nitrogens with one attached hydrogen (secondary N) is 1. The second kappa shape index (κ2) is 7.96. The lowest BCUT2D eigenvalue weighted by atomic mass is 10.1. The van der Waals surface area contributed by atoms with Crippen molar-refractivity contribution < 1.29 is 4.79 Å². The summed E-state index contributed by atoms with van der Waals surface area (Å²) in [7, 11) is 0. The van der Waals surface area contributed by atoms with Gasteiger partial charge in [0.1, 0.15) is 0 Å². The summed E-state index contributed by atoms with van der Waals surface area (Å²) in [6.07, 6.45) is 2.59. The van der Waals surface area contributed by atoms with Crippen molar-refractivity contribution in [1.82, 2.24) is 9.47 Å². The number of aromatic nitrogens is 1. The van der Waals surface area contributed by atoms with Gasteiger partial charge in [0.2, 0.25) is 0 Å². The molecule has 152 valence electrons.